The number of ether oxygens (including phenoxy) is 2. The van der Waals surface area contributed by atoms with E-state index in [4.69, 9.17) is 15.2 Å². The smallest absolute Gasteiger partial charge is 0.231 e. The highest BCUT2D eigenvalue weighted by Gasteiger charge is 2.18. The Morgan fingerprint density at radius 3 is 2.73 bits per heavy atom. The predicted molar refractivity (Wildman–Crippen MR) is 96.5 cm³/mol. The highest BCUT2D eigenvalue weighted by atomic mass is 16.7. The molecule has 0 fully saturated rings. The molecule has 4 rings (SSSR count). The maximum atomic E-state index is 9.53. The van der Waals surface area contributed by atoms with E-state index in [0.29, 0.717) is 28.3 Å². The third-order valence-corrected chi connectivity index (χ3v) is 4.27. The molecule has 0 saturated carbocycles. The molecule has 2 aromatic heterocycles. The molecule has 3 aromatic rings. The first-order chi connectivity index (χ1) is 12.6. The molecule has 0 spiro atoms. The Kier molecular flexibility index (Phi) is 3.73. The van der Waals surface area contributed by atoms with Gasteiger partial charge in [-0.3, -0.25) is 4.68 Å². The molecule has 1 aliphatic rings. The summed E-state index contributed by atoms with van der Waals surface area (Å²) in [4.78, 5) is 4.40. The maximum Gasteiger partial charge on any atom is 0.231 e. The molecule has 7 nitrogen and oxygen atoms in total. The number of rotatable bonds is 3. The summed E-state index contributed by atoms with van der Waals surface area (Å²) < 4.78 is 12.6. The van der Waals surface area contributed by atoms with E-state index in [9.17, 15) is 5.26 Å². The lowest BCUT2D eigenvalue weighted by Gasteiger charge is -2.09. The lowest BCUT2D eigenvalue weighted by Crippen LogP contribution is -2.00. The Bertz CT molecular complexity index is 1030. The van der Waals surface area contributed by atoms with Crippen LogP contribution in [0.15, 0.2) is 36.7 Å². The van der Waals surface area contributed by atoms with E-state index in [-0.39, 0.29) is 18.7 Å². The van der Waals surface area contributed by atoms with Gasteiger partial charge in [-0.2, -0.15) is 10.4 Å². The number of aromatic nitrogens is 3. The molecule has 0 bridgehead atoms. The highest BCUT2D eigenvalue weighted by molar-refractivity contribution is 5.80. The minimum atomic E-state index is 0.190. The first-order valence-corrected chi connectivity index (χ1v) is 8.22. The van der Waals surface area contributed by atoms with Crippen LogP contribution in [0.25, 0.3) is 22.4 Å². The van der Waals surface area contributed by atoms with Crippen molar-refractivity contribution in [1.82, 2.24) is 14.8 Å². The number of nitrogens with zero attached hydrogens (tertiary/aromatic N) is 4. The van der Waals surface area contributed by atoms with Crippen molar-refractivity contribution in [3.63, 3.8) is 0 Å². The van der Waals surface area contributed by atoms with Crippen LogP contribution in [0.4, 0.5) is 5.82 Å². The third-order valence-electron chi connectivity index (χ3n) is 4.27. The number of pyridine rings is 1. The van der Waals surface area contributed by atoms with E-state index in [0.717, 1.165) is 11.1 Å². The van der Waals surface area contributed by atoms with Crippen molar-refractivity contribution in [3.05, 3.63) is 42.2 Å². The predicted octanol–water partition coefficient (Wildman–Crippen LogP) is 3.38. The summed E-state index contributed by atoms with van der Waals surface area (Å²) >= 11 is 0. The molecule has 0 aliphatic carbocycles. The van der Waals surface area contributed by atoms with Gasteiger partial charge in [0.2, 0.25) is 6.79 Å². The van der Waals surface area contributed by atoms with E-state index >= 15 is 0 Å². The minimum absolute atomic E-state index is 0.190. The normalized spacial score (nSPS) is 12.4. The van der Waals surface area contributed by atoms with Gasteiger partial charge in [-0.05, 0) is 38.1 Å². The second kappa shape index (κ2) is 6.08. The van der Waals surface area contributed by atoms with Crippen LogP contribution in [0.5, 0.6) is 11.5 Å². The molecular formula is C19H17N5O2. The lowest BCUT2D eigenvalue weighted by atomic mass is 10.0. The van der Waals surface area contributed by atoms with Crippen molar-refractivity contribution in [2.75, 3.05) is 12.5 Å². The van der Waals surface area contributed by atoms with Crippen molar-refractivity contribution < 1.29 is 9.47 Å². The Hall–Kier alpha value is -3.53. The van der Waals surface area contributed by atoms with Gasteiger partial charge in [-0.25, -0.2) is 4.98 Å². The van der Waals surface area contributed by atoms with Crippen LogP contribution in [0.2, 0.25) is 0 Å². The van der Waals surface area contributed by atoms with Crippen LogP contribution >= 0.6 is 0 Å². The fourth-order valence-electron chi connectivity index (χ4n) is 2.87. The third kappa shape index (κ3) is 2.62. The van der Waals surface area contributed by atoms with Gasteiger partial charge in [0.15, 0.2) is 11.5 Å². The number of benzene rings is 1. The average Bonchev–Trinajstić information content (AvgIpc) is 3.29. The second-order valence-electron chi connectivity index (χ2n) is 6.30. The van der Waals surface area contributed by atoms with Crippen molar-refractivity contribution in [2.24, 2.45) is 0 Å². The standard InChI is InChI=1S/C19H17N5O2/c1-11(2)24-9-13(8-22-24)14-6-16(23-19(21)15(14)7-20)12-3-4-17-18(5-12)26-10-25-17/h3-6,8-9,11H,10H2,1-2H3,(H2,21,23). The van der Waals surface area contributed by atoms with E-state index in [2.05, 4.69) is 16.2 Å². The fourth-order valence-corrected chi connectivity index (χ4v) is 2.87. The van der Waals surface area contributed by atoms with E-state index < -0.39 is 0 Å². The maximum absolute atomic E-state index is 9.53. The van der Waals surface area contributed by atoms with Crippen LogP contribution in [-0.2, 0) is 0 Å². The molecule has 0 atom stereocenters. The van der Waals surface area contributed by atoms with Crippen LogP contribution in [0, 0.1) is 11.3 Å². The zero-order valence-corrected chi connectivity index (χ0v) is 14.4. The number of anilines is 1. The van der Waals surface area contributed by atoms with Gasteiger partial charge in [0.1, 0.15) is 17.5 Å². The van der Waals surface area contributed by atoms with Gasteiger partial charge in [-0.1, -0.05) is 0 Å². The Morgan fingerprint density at radius 1 is 1.19 bits per heavy atom. The van der Waals surface area contributed by atoms with Gasteiger partial charge in [-0.15, -0.1) is 0 Å². The summed E-state index contributed by atoms with van der Waals surface area (Å²) in [6, 6.07) is 9.82. The van der Waals surface area contributed by atoms with Crippen LogP contribution in [-0.4, -0.2) is 21.6 Å². The highest BCUT2D eigenvalue weighted by Crippen LogP contribution is 2.37. The first kappa shape index (κ1) is 16.0. The average molecular weight is 347 g/mol. The molecule has 3 heterocycles. The molecule has 7 heteroatoms. The number of hydrogen-bond acceptors (Lipinski definition) is 6. The summed E-state index contributed by atoms with van der Waals surface area (Å²) in [6.07, 6.45) is 3.64. The lowest BCUT2D eigenvalue weighted by molar-refractivity contribution is 0.174. The number of fused-ring (bicyclic) bond motifs is 1. The number of nitrogen functional groups attached to an aromatic ring is 1. The Balaban J connectivity index is 1.85. The van der Waals surface area contributed by atoms with E-state index in [1.165, 1.54) is 0 Å². The monoisotopic (exact) mass is 347 g/mol. The number of hydrogen-bond donors (Lipinski definition) is 1. The summed E-state index contributed by atoms with van der Waals surface area (Å²) in [6.45, 7) is 4.29. The Morgan fingerprint density at radius 2 is 2.00 bits per heavy atom. The number of nitrogens with two attached hydrogens (primary N) is 1. The van der Waals surface area contributed by atoms with Crippen LogP contribution < -0.4 is 15.2 Å². The second-order valence-corrected chi connectivity index (χ2v) is 6.30. The quantitative estimate of drug-likeness (QED) is 0.780. The molecule has 2 N–H and O–H groups in total. The molecule has 0 saturated heterocycles. The summed E-state index contributed by atoms with van der Waals surface area (Å²) in [5.74, 6) is 1.56. The van der Waals surface area contributed by atoms with Gasteiger partial charge >= 0.3 is 0 Å². The molecule has 130 valence electrons. The summed E-state index contributed by atoms with van der Waals surface area (Å²) in [5, 5.41) is 13.9. The number of nitriles is 1. The van der Waals surface area contributed by atoms with Crippen molar-refractivity contribution in [2.45, 2.75) is 19.9 Å². The zero-order chi connectivity index (χ0) is 18.3. The first-order valence-electron chi connectivity index (χ1n) is 8.22. The molecule has 0 radical (unpaired) electrons. The molecule has 0 unspecified atom stereocenters. The van der Waals surface area contributed by atoms with Gasteiger partial charge in [0.05, 0.1) is 11.9 Å². The topological polar surface area (TPSA) is 99.0 Å². The van der Waals surface area contributed by atoms with Gasteiger partial charge in [0, 0.05) is 28.9 Å². The summed E-state index contributed by atoms with van der Waals surface area (Å²) in [7, 11) is 0. The van der Waals surface area contributed by atoms with Crippen molar-refractivity contribution in [1.29, 1.82) is 5.26 Å². The van der Waals surface area contributed by atoms with Crippen LogP contribution in [0.1, 0.15) is 25.5 Å². The van der Waals surface area contributed by atoms with E-state index in [1.807, 2.05) is 49.0 Å². The molecule has 26 heavy (non-hydrogen) atoms. The van der Waals surface area contributed by atoms with Crippen LogP contribution in [0.3, 0.4) is 0 Å². The van der Waals surface area contributed by atoms with Gasteiger partial charge in [0.25, 0.3) is 0 Å². The molecular weight excluding hydrogens is 330 g/mol. The van der Waals surface area contributed by atoms with Crippen molar-refractivity contribution >= 4 is 5.82 Å². The SMILES string of the molecule is CC(C)n1cc(-c2cc(-c3ccc4c(c3)OCO4)nc(N)c2C#N)cn1. The minimum Gasteiger partial charge on any atom is -0.454 e. The zero-order valence-electron chi connectivity index (χ0n) is 14.4. The Labute approximate surface area is 150 Å². The summed E-state index contributed by atoms with van der Waals surface area (Å²) in [5.41, 5.74) is 9.44. The molecule has 1 aromatic carbocycles. The van der Waals surface area contributed by atoms with Crippen molar-refractivity contribution in [3.8, 4) is 40.0 Å². The molecule has 1 aliphatic heterocycles. The van der Waals surface area contributed by atoms with E-state index in [1.54, 1.807) is 6.20 Å². The largest absolute Gasteiger partial charge is 0.454 e. The molecule has 0 amide bonds. The van der Waals surface area contributed by atoms with Gasteiger partial charge < -0.3 is 15.2 Å². The fraction of sp³-hybridized carbons (Fsp3) is 0.211.